The van der Waals surface area contributed by atoms with Crippen molar-refractivity contribution in [2.45, 2.75) is 17.2 Å². The van der Waals surface area contributed by atoms with Gasteiger partial charge in [0.2, 0.25) is 0 Å². The number of nitrogens with one attached hydrogen (secondary N) is 1. The van der Waals surface area contributed by atoms with Gasteiger partial charge in [0.05, 0.1) is 5.75 Å². The second-order valence-corrected chi connectivity index (χ2v) is 4.68. The zero-order valence-corrected chi connectivity index (χ0v) is 10.6. The lowest BCUT2D eigenvalue weighted by Crippen LogP contribution is -2.04. The molecule has 4 heteroatoms. The number of thioether (sulfide) groups is 1. The molecule has 0 radical (unpaired) electrons. The van der Waals surface area contributed by atoms with Crippen molar-refractivity contribution in [1.29, 1.82) is 0 Å². The molecule has 17 heavy (non-hydrogen) atoms. The van der Waals surface area contributed by atoms with E-state index in [0.29, 0.717) is 0 Å². The maximum absolute atomic E-state index is 4.20. The highest BCUT2D eigenvalue weighted by Gasteiger charge is 1.98. The molecule has 2 aromatic rings. The summed E-state index contributed by atoms with van der Waals surface area (Å²) in [6.45, 7) is 0.909. The van der Waals surface area contributed by atoms with E-state index in [1.54, 1.807) is 24.2 Å². The third kappa shape index (κ3) is 3.84. The number of aromatic nitrogens is 2. The highest BCUT2D eigenvalue weighted by Crippen LogP contribution is 2.21. The van der Waals surface area contributed by atoms with Crippen LogP contribution in [0.1, 0.15) is 11.4 Å². The van der Waals surface area contributed by atoms with Crippen LogP contribution < -0.4 is 5.32 Å². The fourth-order valence-corrected chi connectivity index (χ4v) is 2.23. The van der Waals surface area contributed by atoms with E-state index in [2.05, 4.69) is 39.6 Å². The van der Waals surface area contributed by atoms with Gasteiger partial charge >= 0.3 is 0 Å². The van der Waals surface area contributed by atoms with Gasteiger partial charge in [-0.25, -0.2) is 9.97 Å². The Morgan fingerprint density at radius 2 is 1.82 bits per heavy atom. The molecule has 0 saturated heterocycles. The summed E-state index contributed by atoms with van der Waals surface area (Å²) in [5.41, 5.74) is 1.30. The minimum atomic E-state index is 0.812. The Morgan fingerprint density at radius 1 is 1.12 bits per heavy atom. The van der Waals surface area contributed by atoms with E-state index in [9.17, 15) is 0 Å². The third-order valence-electron chi connectivity index (χ3n) is 2.29. The molecule has 1 aromatic carbocycles. The molecule has 0 unspecified atom stereocenters. The Hall–Kier alpha value is -1.39. The second kappa shape index (κ2) is 6.37. The monoisotopic (exact) mass is 245 g/mol. The van der Waals surface area contributed by atoms with Crippen LogP contribution in [-0.2, 0) is 12.3 Å². The van der Waals surface area contributed by atoms with Crippen molar-refractivity contribution in [2.75, 3.05) is 7.05 Å². The molecule has 0 spiro atoms. The van der Waals surface area contributed by atoms with Gasteiger partial charge in [0.25, 0.3) is 0 Å². The highest BCUT2D eigenvalue weighted by atomic mass is 32.2. The Labute approximate surface area is 106 Å². The second-order valence-electron chi connectivity index (χ2n) is 3.63. The number of hydrogen-bond acceptors (Lipinski definition) is 4. The van der Waals surface area contributed by atoms with Crippen LogP contribution in [0.15, 0.2) is 47.6 Å². The summed E-state index contributed by atoms with van der Waals surface area (Å²) < 4.78 is 0. The topological polar surface area (TPSA) is 37.8 Å². The first-order chi connectivity index (χ1) is 8.38. The van der Waals surface area contributed by atoms with Crippen LogP contribution in [0.3, 0.4) is 0 Å². The normalized spacial score (nSPS) is 10.4. The molecule has 0 aliphatic rings. The summed E-state index contributed by atoms with van der Waals surface area (Å²) in [5, 5.41) is 3.13. The number of nitrogens with zero attached hydrogens (tertiary/aromatic N) is 2. The first-order valence-corrected chi connectivity index (χ1v) is 6.49. The molecule has 0 aliphatic heterocycles. The van der Waals surface area contributed by atoms with Gasteiger partial charge in [-0.15, -0.1) is 11.8 Å². The molecule has 1 N–H and O–H groups in total. The first-order valence-electron chi connectivity index (χ1n) is 5.51. The molecule has 0 atom stereocenters. The van der Waals surface area contributed by atoms with Gasteiger partial charge in [0, 0.05) is 23.8 Å². The third-order valence-corrected chi connectivity index (χ3v) is 3.30. The van der Waals surface area contributed by atoms with Gasteiger partial charge in [-0.2, -0.15) is 0 Å². The number of hydrogen-bond donors (Lipinski definition) is 1. The molecule has 2 rings (SSSR count). The average Bonchev–Trinajstić information content (AvgIpc) is 2.40. The predicted octanol–water partition coefficient (Wildman–Crippen LogP) is 2.49. The smallest absolute Gasteiger partial charge is 0.138 e. The minimum absolute atomic E-state index is 0.812. The molecule has 0 bridgehead atoms. The van der Waals surface area contributed by atoms with Gasteiger partial charge in [-0.1, -0.05) is 12.1 Å². The summed E-state index contributed by atoms with van der Waals surface area (Å²) in [6.07, 6.45) is 3.55. The van der Waals surface area contributed by atoms with Gasteiger partial charge in [-0.05, 0) is 30.8 Å². The standard InChI is InChI=1S/C13H15N3S/c1-14-9-11-3-5-12(6-4-11)17-10-13-15-7-2-8-16-13/h2-8,14H,9-10H2,1H3. The molecule has 3 nitrogen and oxygen atoms in total. The average molecular weight is 245 g/mol. The molecule has 1 heterocycles. The lowest BCUT2D eigenvalue weighted by molar-refractivity contribution is 0.817. The summed E-state index contributed by atoms with van der Waals surface area (Å²) in [5.74, 6) is 1.68. The number of benzene rings is 1. The van der Waals surface area contributed by atoms with Crippen molar-refractivity contribution in [2.24, 2.45) is 0 Å². The summed E-state index contributed by atoms with van der Waals surface area (Å²) in [4.78, 5) is 9.65. The quantitative estimate of drug-likeness (QED) is 0.821. The lowest BCUT2D eigenvalue weighted by atomic mass is 10.2. The van der Waals surface area contributed by atoms with Crippen LogP contribution in [0, 0.1) is 0 Å². The zero-order valence-electron chi connectivity index (χ0n) is 9.76. The maximum Gasteiger partial charge on any atom is 0.138 e. The van der Waals surface area contributed by atoms with Crippen molar-refractivity contribution in [3.63, 3.8) is 0 Å². The summed E-state index contributed by atoms with van der Waals surface area (Å²) >= 11 is 1.75. The van der Waals surface area contributed by atoms with E-state index in [1.807, 2.05) is 13.1 Å². The molecule has 1 aromatic heterocycles. The van der Waals surface area contributed by atoms with Crippen LogP contribution >= 0.6 is 11.8 Å². The van der Waals surface area contributed by atoms with E-state index in [4.69, 9.17) is 0 Å². The molecule has 0 fully saturated rings. The van der Waals surface area contributed by atoms with E-state index < -0.39 is 0 Å². The van der Waals surface area contributed by atoms with E-state index in [1.165, 1.54) is 10.5 Å². The Morgan fingerprint density at radius 3 is 2.47 bits per heavy atom. The minimum Gasteiger partial charge on any atom is -0.316 e. The SMILES string of the molecule is CNCc1ccc(SCc2ncccn2)cc1. The highest BCUT2D eigenvalue weighted by molar-refractivity contribution is 7.98. The van der Waals surface area contributed by atoms with Gasteiger partial charge < -0.3 is 5.32 Å². The fraction of sp³-hybridized carbons (Fsp3) is 0.231. The van der Waals surface area contributed by atoms with Crippen molar-refractivity contribution in [3.8, 4) is 0 Å². The molecular weight excluding hydrogens is 230 g/mol. The van der Waals surface area contributed by atoms with E-state index in [0.717, 1.165) is 18.1 Å². The first kappa shape index (κ1) is 12.1. The van der Waals surface area contributed by atoms with Crippen LogP contribution in [0.25, 0.3) is 0 Å². The van der Waals surface area contributed by atoms with Gasteiger partial charge in [-0.3, -0.25) is 0 Å². The number of rotatable bonds is 5. The zero-order chi connectivity index (χ0) is 11.9. The van der Waals surface area contributed by atoms with Crippen molar-refractivity contribution in [3.05, 3.63) is 54.1 Å². The molecule has 88 valence electrons. The van der Waals surface area contributed by atoms with E-state index >= 15 is 0 Å². The Kier molecular flexibility index (Phi) is 4.53. The largest absolute Gasteiger partial charge is 0.316 e. The fourth-order valence-electron chi connectivity index (χ4n) is 1.46. The maximum atomic E-state index is 4.20. The summed E-state index contributed by atoms with van der Waals surface area (Å²) in [6, 6.07) is 10.4. The van der Waals surface area contributed by atoms with Gasteiger partial charge in [0.15, 0.2) is 0 Å². The molecule has 0 aliphatic carbocycles. The van der Waals surface area contributed by atoms with Crippen LogP contribution in [0.2, 0.25) is 0 Å². The Bertz CT molecular complexity index is 442. The molecule has 0 saturated carbocycles. The van der Waals surface area contributed by atoms with Crippen LogP contribution in [0.4, 0.5) is 0 Å². The molecule has 0 amide bonds. The summed E-state index contributed by atoms with van der Waals surface area (Å²) in [7, 11) is 1.95. The van der Waals surface area contributed by atoms with E-state index in [-0.39, 0.29) is 0 Å². The lowest BCUT2D eigenvalue weighted by Gasteiger charge is -2.03. The van der Waals surface area contributed by atoms with Crippen LogP contribution in [-0.4, -0.2) is 17.0 Å². The van der Waals surface area contributed by atoms with Crippen molar-refractivity contribution < 1.29 is 0 Å². The van der Waals surface area contributed by atoms with Gasteiger partial charge in [0.1, 0.15) is 5.82 Å². The Balaban J connectivity index is 1.91. The molecular formula is C13H15N3S. The van der Waals surface area contributed by atoms with Crippen molar-refractivity contribution in [1.82, 2.24) is 15.3 Å². The van der Waals surface area contributed by atoms with Crippen molar-refractivity contribution >= 4 is 11.8 Å². The predicted molar refractivity (Wildman–Crippen MR) is 70.8 cm³/mol. The van der Waals surface area contributed by atoms with Crippen LogP contribution in [0.5, 0.6) is 0 Å².